The zero-order valence-corrected chi connectivity index (χ0v) is 16.2. The zero-order valence-electron chi connectivity index (χ0n) is 16.2. The van der Waals surface area contributed by atoms with E-state index in [2.05, 4.69) is 15.5 Å². The number of nitrogens with zero attached hydrogens (tertiary/aromatic N) is 2. The molecule has 0 radical (unpaired) electrons. The second kappa shape index (κ2) is 9.50. The van der Waals surface area contributed by atoms with Crippen LogP contribution in [0.15, 0.2) is 42.6 Å². The molecule has 28 heavy (non-hydrogen) atoms. The van der Waals surface area contributed by atoms with E-state index in [9.17, 15) is 14.0 Å². The molecule has 1 aromatic carbocycles. The van der Waals surface area contributed by atoms with Crippen LogP contribution in [0.3, 0.4) is 0 Å². The van der Waals surface area contributed by atoms with Crippen LogP contribution in [0.2, 0.25) is 0 Å². The van der Waals surface area contributed by atoms with E-state index in [4.69, 9.17) is 0 Å². The minimum Gasteiger partial charge on any atom is -0.353 e. The zero-order chi connectivity index (χ0) is 19.9. The maximum atomic E-state index is 13.7. The van der Waals surface area contributed by atoms with Crippen LogP contribution in [-0.2, 0) is 16.6 Å². The molecule has 2 heterocycles. The molecular formula is C21H27FN4O2. The van der Waals surface area contributed by atoms with Crippen molar-refractivity contribution in [1.29, 1.82) is 0 Å². The molecule has 2 aromatic rings. The topological polar surface area (TPSA) is 66.4 Å². The third-order valence-corrected chi connectivity index (χ3v) is 5.19. The molecule has 6 nitrogen and oxygen atoms in total. The molecule has 1 saturated heterocycles. The van der Waals surface area contributed by atoms with E-state index in [0.717, 1.165) is 31.6 Å². The van der Waals surface area contributed by atoms with Crippen molar-refractivity contribution < 1.29 is 14.0 Å². The molecule has 1 aliphatic rings. The maximum Gasteiger partial charge on any atom is 0.313 e. The molecule has 1 aromatic heterocycles. The van der Waals surface area contributed by atoms with E-state index in [1.165, 1.54) is 31.0 Å². The fourth-order valence-corrected chi connectivity index (χ4v) is 3.66. The van der Waals surface area contributed by atoms with Gasteiger partial charge >= 0.3 is 11.8 Å². The number of nitrogens with one attached hydrogen (secondary N) is 2. The van der Waals surface area contributed by atoms with Crippen LogP contribution in [-0.4, -0.2) is 40.9 Å². The van der Waals surface area contributed by atoms with E-state index >= 15 is 0 Å². The van der Waals surface area contributed by atoms with Gasteiger partial charge in [0.15, 0.2) is 0 Å². The summed E-state index contributed by atoms with van der Waals surface area (Å²) in [5.74, 6) is -2.21. The van der Waals surface area contributed by atoms with Crippen molar-refractivity contribution in [2.45, 2.75) is 31.7 Å². The minimum absolute atomic E-state index is 0.00541. The Morgan fingerprint density at radius 1 is 1.04 bits per heavy atom. The van der Waals surface area contributed by atoms with Crippen molar-refractivity contribution in [3.8, 4) is 0 Å². The predicted octanol–water partition coefficient (Wildman–Crippen LogP) is 2.84. The molecule has 7 heteroatoms. The first-order chi connectivity index (χ1) is 13.6. The highest BCUT2D eigenvalue weighted by Crippen LogP contribution is 2.24. The van der Waals surface area contributed by atoms with Gasteiger partial charge in [0.2, 0.25) is 0 Å². The Morgan fingerprint density at radius 2 is 1.75 bits per heavy atom. The Kier molecular flexibility index (Phi) is 6.81. The average Bonchev–Trinajstić information content (AvgIpc) is 2.93. The number of carbonyl (C=O) groups is 2. The highest BCUT2D eigenvalue weighted by molar-refractivity contribution is 6.39. The molecule has 1 fully saturated rings. The molecule has 0 bridgehead atoms. The molecule has 0 saturated carbocycles. The number of benzene rings is 1. The smallest absolute Gasteiger partial charge is 0.313 e. The highest BCUT2D eigenvalue weighted by Gasteiger charge is 2.25. The maximum absolute atomic E-state index is 13.7. The van der Waals surface area contributed by atoms with Crippen LogP contribution < -0.4 is 10.6 Å². The van der Waals surface area contributed by atoms with Gasteiger partial charge in [0.25, 0.3) is 0 Å². The fourth-order valence-electron chi connectivity index (χ4n) is 3.66. The Morgan fingerprint density at radius 3 is 2.39 bits per heavy atom. The lowest BCUT2D eigenvalue weighted by atomic mass is 10.1. The molecule has 0 aliphatic carbocycles. The molecule has 2 N–H and O–H groups in total. The van der Waals surface area contributed by atoms with Crippen molar-refractivity contribution in [1.82, 2.24) is 14.8 Å². The van der Waals surface area contributed by atoms with Gasteiger partial charge in [0, 0.05) is 25.5 Å². The number of anilines is 1. The van der Waals surface area contributed by atoms with Crippen LogP contribution >= 0.6 is 0 Å². The van der Waals surface area contributed by atoms with Crippen molar-refractivity contribution in [2.24, 2.45) is 7.05 Å². The summed E-state index contributed by atoms with van der Waals surface area (Å²) >= 11 is 0. The van der Waals surface area contributed by atoms with E-state index in [0.29, 0.717) is 6.54 Å². The van der Waals surface area contributed by atoms with Gasteiger partial charge in [-0.3, -0.25) is 14.5 Å². The number of halogens is 1. The van der Waals surface area contributed by atoms with Gasteiger partial charge in [-0.2, -0.15) is 0 Å². The van der Waals surface area contributed by atoms with Crippen molar-refractivity contribution >= 4 is 17.5 Å². The number of likely N-dealkylation sites (tertiary alicyclic amines) is 1. The number of aromatic nitrogens is 1. The van der Waals surface area contributed by atoms with Gasteiger partial charge in [-0.15, -0.1) is 0 Å². The molecule has 1 aliphatic heterocycles. The Bertz CT molecular complexity index is 812. The van der Waals surface area contributed by atoms with Crippen molar-refractivity contribution in [3.05, 3.63) is 54.1 Å². The van der Waals surface area contributed by atoms with Crippen molar-refractivity contribution in [3.63, 3.8) is 0 Å². The number of para-hydroxylation sites is 1. The van der Waals surface area contributed by atoms with E-state index in [1.807, 2.05) is 29.9 Å². The van der Waals surface area contributed by atoms with E-state index in [1.54, 1.807) is 6.07 Å². The first-order valence-corrected chi connectivity index (χ1v) is 9.75. The summed E-state index contributed by atoms with van der Waals surface area (Å²) in [5.41, 5.74) is 1.09. The van der Waals surface area contributed by atoms with Gasteiger partial charge in [0.05, 0.1) is 11.7 Å². The molecule has 150 valence electrons. The molecule has 1 atom stereocenters. The van der Waals surface area contributed by atoms with Gasteiger partial charge in [-0.05, 0) is 50.2 Å². The van der Waals surface area contributed by atoms with Gasteiger partial charge in [0.1, 0.15) is 5.82 Å². The summed E-state index contributed by atoms with van der Waals surface area (Å²) in [6, 6.07) is 9.79. The van der Waals surface area contributed by atoms with Crippen LogP contribution in [0.1, 0.15) is 37.4 Å². The average molecular weight is 386 g/mol. The largest absolute Gasteiger partial charge is 0.353 e. The third kappa shape index (κ3) is 4.98. The number of hydrogen-bond donors (Lipinski definition) is 2. The first-order valence-electron chi connectivity index (χ1n) is 9.75. The molecular weight excluding hydrogens is 359 g/mol. The van der Waals surface area contributed by atoms with Crippen LogP contribution in [0, 0.1) is 5.82 Å². The normalized spacial score (nSPS) is 16.2. The summed E-state index contributed by atoms with van der Waals surface area (Å²) in [7, 11) is 1.98. The summed E-state index contributed by atoms with van der Waals surface area (Å²) in [6.45, 7) is 2.25. The molecule has 0 spiro atoms. The second-order valence-electron chi connectivity index (χ2n) is 7.15. The Hall–Kier alpha value is -2.67. The number of aryl methyl sites for hydroxylation is 1. The summed E-state index contributed by atoms with van der Waals surface area (Å²) in [6.07, 6.45) is 6.67. The standard InChI is InChI=1S/C21H27FN4O2/c1-25-12-8-11-18(25)19(26-13-6-2-3-7-14-26)15-23-20(27)21(28)24-17-10-5-4-9-16(17)22/h4-5,8-12,19H,2-3,6-7,13-15H2,1H3,(H,23,27)(H,24,28). The number of rotatable bonds is 5. The number of amides is 2. The van der Waals surface area contributed by atoms with Crippen LogP contribution in [0.25, 0.3) is 0 Å². The lowest BCUT2D eigenvalue weighted by Gasteiger charge is -2.31. The number of hydrogen-bond acceptors (Lipinski definition) is 3. The number of carbonyl (C=O) groups excluding carboxylic acids is 2. The van der Waals surface area contributed by atoms with Crippen LogP contribution in [0.5, 0.6) is 0 Å². The first kappa shape index (κ1) is 20.1. The molecule has 2 amide bonds. The lowest BCUT2D eigenvalue weighted by molar-refractivity contribution is -0.136. The van der Waals surface area contributed by atoms with Gasteiger partial charge < -0.3 is 15.2 Å². The second-order valence-corrected chi connectivity index (χ2v) is 7.15. The predicted molar refractivity (Wildman–Crippen MR) is 106 cm³/mol. The fraction of sp³-hybridized carbons (Fsp3) is 0.429. The van der Waals surface area contributed by atoms with E-state index in [-0.39, 0.29) is 11.7 Å². The summed E-state index contributed by atoms with van der Waals surface area (Å²) < 4.78 is 15.7. The lowest BCUT2D eigenvalue weighted by Crippen LogP contribution is -2.43. The van der Waals surface area contributed by atoms with Crippen molar-refractivity contribution in [2.75, 3.05) is 25.0 Å². The molecule has 1 unspecified atom stereocenters. The Balaban J connectivity index is 1.65. The monoisotopic (exact) mass is 386 g/mol. The van der Waals surface area contributed by atoms with Crippen LogP contribution in [0.4, 0.5) is 10.1 Å². The highest BCUT2D eigenvalue weighted by atomic mass is 19.1. The minimum atomic E-state index is -0.869. The van der Waals surface area contributed by atoms with Gasteiger partial charge in [-0.1, -0.05) is 25.0 Å². The SMILES string of the molecule is Cn1cccc1C(CNC(=O)C(=O)Nc1ccccc1F)N1CCCCCC1. The summed E-state index contributed by atoms with van der Waals surface area (Å²) in [5, 5.41) is 5.05. The molecule has 3 rings (SSSR count). The van der Waals surface area contributed by atoms with Gasteiger partial charge in [-0.25, -0.2) is 4.39 Å². The Labute approximate surface area is 164 Å². The summed E-state index contributed by atoms with van der Waals surface area (Å²) in [4.78, 5) is 26.8. The van der Waals surface area contributed by atoms with E-state index < -0.39 is 17.6 Å². The quantitative estimate of drug-likeness (QED) is 0.777. The third-order valence-electron chi connectivity index (χ3n) is 5.19.